The van der Waals surface area contributed by atoms with E-state index < -0.39 is 18.1 Å². The second-order valence-corrected chi connectivity index (χ2v) is 7.62. The number of hydrogen-bond acceptors (Lipinski definition) is 3. The van der Waals surface area contributed by atoms with E-state index in [1.165, 1.54) is 11.9 Å². The summed E-state index contributed by atoms with van der Waals surface area (Å²) in [6.07, 6.45) is 3.76. The van der Waals surface area contributed by atoms with Crippen molar-refractivity contribution in [2.75, 3.05) is 13.7 Å². The maximum Gasteiger partial charge on any atom is 0.410 e. The molecule has 0 saturated carbocycles. The first-order valence-electron chi connectivity index (χ1n) is 10.3. The summed E-state index contributed by atoms with van der Waals surface area (Å²) in [5.41, 5.74) is 4.60. The minimum absolute atomic E-state index is 0.0346. The number of carbonyl (C=O) groups excluding carboxylic acids is 1. The number of benzene rings is 2. The highest BCUT2D eigenvalue weighted by Crippen LogP contribution is 2.44. The Morgan fingerprint density at radius 1 is 1.00 bits per heavy atom. The smallest absolute Gasteiger partial charge is 0.410 e. The zero-order valence-corrected chi connectivity index (χ0v) is 17.1. The zero-order valence-electron chi connectivity index (χ0n) is 17.1. The molecule has 5 nitrogen and oxygen atoms in total. The number of likely N-dealkylation sites (N-methyl/N-ethyl adjacent to an activating group) is 1. The summed E-state index contributed by atoms with van der Waals surface area (Å²) >= 11 is 0. The molecule has 1 aliphatic rings. The molecule has 1 N–H and O–H groups in total. The molecule has 1 atom stereocenters. The summed E-state index contributed by atoms with van der Waals surface area (Å²) in [5.74, 6) is -1.02. The summed E-state index contributed by atoms with van der Waals surface area (Å²) in [4.78, 5) is 25.5. The van der Waals surface area contributed by atoms with Crippen LogP contribution in [0.25, 0.3) is 11.1 Å². The SMILES string of the molecule is CCCCCC[C@@H](C(=O)O)N(C)C(=O)OCC1c2ccccc2-c2ccccc21. The lowest BCUT2D eigenvalue weighted by atomic mass is 9.98. The second kappa shape index (κ2) is 9.59. The largest absolute Gasteiger partial charge is 0.480 e. The van der Waals surface area contributed by atoms with Crippen LogP contribution in [0.5, 0.6) is 0 Å². The Labute approximate surface area is 172 Å². The highest BCUT2D eigenvalue weighted by Gasteiger charge is 2.31. The lowest BCUT2D eigenvalue weighted by Crippen LogP contribution is -2.43. The van der Waals surface area contributed by atoms with E-state index in [-0.39, 0.29) is 12.5 Å². The van der Waals surface area contributed by atoms with Crippen molar-refractivity contribution >= 4 is 12.1 Å². The third-order valence-corrected chi connectivity index (χ3v) is 5.71. The van der Waals surface area contributed by atoms with Gasteiger partial charge in [-0.25, -0.2) is 9.59 Å². The van der Waals surface area contributed by atoms with Crippen LogP contribution < -0.4 is 0 Å². The molecule has 0 aliphatic heterocycles. The molecule has 0 heterocycles. The van der Waals surface area contributed by atoms with E-state index in [4.69, 9.17) is 4.74 Å². The first-order chi connectivity index (χ1) is 14.0. The minimum Gasteiger partial charge on any atom is -0.480 e. The predicted octanol–water partition coefficient (Wildman–Crippen LogP) is 5.29. The van der Waals surface area contributed by atoms with E-state index in [0.717, 1.165) is 47.9 Å². The van der Waals surface area contributed by atoms with Crippen LogP contribution in [0.3, 0.4) is 0 Å². The number of hydrogen-bond donors (Lipinski definition) is 1. The average molecular weight is 395 g/mol. The molecule has 2 aromatic rings. The van der Waals surface area contributed by atoms with Gasteiger partial charge in [-0.1, -0.05) is 81.1 Å². The van der Waals surface area contributed by atoms with Crippen molar-refractivity contribution in [1.82, 2.24) is 4.90 Å². The highest BCUT2D eigenvalue weighted by molar-refractivity contribution is 5.81. The summed E-state index contributed by atoms with van der Waals surface area (Å²) < 4.78 is 5.58. The lowest BCUT2D eigenvalue weighted by molar-refractivity contribution is -0.142. The molecule has 0 radical (unpaired) electrons. The molecule has 0 spiro atoms. The van der Waals surface area contributed by atoms with Gasteiger partial charge in [0.2, 0.25) is 0 Å². The van der Waals surface area contributed by atoms with Gasteiger partial charge in [-0.3, -0.25) is 4.90 Å². The van der Waals surface area contributed by atoms with Crippen molar-refractivity contribution in [2.45, 2.75) is 51.0 Å². The number of carbonyl (C=O) groups is 2. The van der Waals surface area contributed by atoms with Gasteiger partial charge in [0.15, 0.2) is 0 Å². The van der Waals surface area contributed by atoms with Crippen LogP contribution in [-0.2, 0) is 9.53 Å². The quantitative estimate of drug-likeness (QED) is 0.586. The van der Waals surface area contributed by atoms with Gasteiger partial charge in [0.1, 0.15) is 12.6 Å². The molecule has 0 aromatic heterocycles. The molecule has 0 fully saturated rings. The van der Waals surface area contributed by atoms with E-state index >= 15 is 0 Å². The van der Waals surface area contributed by atoms with E-state index in [1.807, 2.05) is 24.3 Å². The fraction of sp³-hybridized carbons (Fsp3) is 0.417. The fourth-order valence-corrected chi connectivity index (χ4v) is 4.07. The van der Waals surface area contributed by atoms with Gasteiger partial charge < -0.3 is 9.84 Å². The molecule has 3 rings (SSSR count). The van der Waals surface area contributed by atoms with Gasteiger partial charge in [0.25, 0.3) is 0 Å². The Hall–Kier alpha value is -2.82. The first-order valence-corrected chi connectivity index (χ1v) is 10.3. The van der Waals surface area contributed by atoms with Crippen molar-refractivity contribution in [3.05, 3.63) is 59.7 Å². The van der Waals surface area contributed by atoms with Crippen LogP contribution >= 0.6 is 0 Å². The molecular weight excluding hydrogens is 366 g/mol. The van der Waals surface area contributed by atoms with Crippen molar-refractivity contribution in [2.24, 2.45) is 0 Å². The minimum atomic E-state index is -0.988. The molecule has 1 aliphatic carbocycles. The van der Waals surface area contributed by atoms with Gasteiger partial charge in [0, 0.05) is 13.0 Å². The molecule has 0 bridgehead atoms. The Bertz CT molecular complexity index is 818. The predicted molar refractivity (Wildman–Crippen MR) is 113 cm³/mol. The number of rotatable bonds is 9. The van der Waals surface area contributed by atoms with E-state index in [0.29, 0.717) is 6.42 Å². The highest BCUT2D eigenvalue weighted by atomic mass is 16.6. The topological polar surface area (TPSA) is 66.8 Å². The van der Waals surface area contributed by atoms with E-state index in [1.54, 1.807) is 0 Å². The lowest BCUT2D eigenvalue weighted by Gasteiger charge is -2.25. The number of fused-ring (bicyclic) bond motifs is 3. The fourth-order valence-electron chi connectivity index (χ4n) is 4.07. The van der Waals surface area contributed by atoms with E-state index in [2.05, 4.69) is 31.2 Å². The number of amides is 1. The van der Waals surface area contributed by atoms with Crippen LogP contribution in [0.4, 0.5) is 4.79 Å². The Morgan fingerprint density at radius 3 is 2.14 bits per heavy atom. The maximum absolute atomic E-state index is 12.6. The van der Waals surface area contributed by atoms with Gasteiger partial charge in [-0.2, -0.15) is 0 Å². The standard InChI is InChI=1S/C24H29NO4/c1-3-4-5-6-15-22(23(26)27)25(2)24(28)29-16-21-19-13-9-7-11-17(19)18-12-8-10-14-20(18)21/h7-14,21-22H,3-6,15-16H2,1-2H3,(H,26,27)/t22-/m0/s1. The Morgan fingerprint density at radius 2 is 1.59 bits per heavy atom. The summed E-state index contributed by atoms with van der Waals surface area (Å²) in [6.45, 7) is 2.30. The molecule has 0 saturated heterocycles. The summed E-state index contributed by atoms with van der Waals surface area (Å²) in [5, 5.41) is 9.54. The van der Waals surface area contributed by atoms with Crippen molar-refractivity contribution in [3.63, 3.8) is 0 Å². The molecular formula is C24H29NO4. The van der Waals surface area contributed by atoms with Gasteiger partial charge in [0.05, 0.1) is 0 Å². The Balaban J connectivity index is 1.66. The van der Waals surface area contributed by atoms with Gasteiger partial charge in [-0.05, 0) is 28.7 Å². The van der Waals surface area contributed by atoms with Crippen LogP contribution in [0.1, 0.15) is 56.1 Å². The number of carboxylic acid groups (broad SMARTS) is 1. The summed E-state index contributed by atoms with van der Waals surface area (Å²) in [6, 6.07) is 15.4. The van der Waals surface area contributed by atoms with Crippen molar-refractivity contribution < 1.29 is 19.4 Å². The van der Waals surface area contributed by atoms with Gasteiger partial charge in [-0.15, -0.1) is 0 Å². The van der Waals surface area contributed by atoms with Crippen LogP contribution in [0.2, 0.25) is 0 Å². The van der Waals surface area contributed by atoms with Crippen molar-refractivity contribution in [3.8, 4) is 11.1 Å². The number of nitrogens with zero attached hydrogens (tertiary/aromatic N) is 1. The second-order valence-electron chi connectivity index (χ2n) is 7.62. The van der Waals surface area contributed by atoms with Crippen LogP contribution in [0.15, 0.2) is 48.5 Å². The van der Waals surface area contributed by atoms with Gasteiger partial charge >= 0.3 is 12.1 Å². The third kappa shape index (κ3) is 4.61. The number of ether oxygens (including phenoxy) is 1. The number of unbranched alkanes of at least 4 members (excludes halogenated alkanes) is 3. The Kier molecular flexibility index (Phi) is 6.91. The normalized spacial score (nSPS) is 13.4. The molecule has 29 heavy (non-hydrogen) atoms. The number of aliphatic carboxylic acids is 1. The molecule has 2 aromatic carbocycles. The molecule has 0 unspecified atom stereocenters. The monoisotopic (exact) mass is 395 g/mol. The molecule has 154 valence electrons. The number of carboxylic acids is 1. The average Bonchev–Trinajstić information content (AvgIpc) is 3.05. The third-order valence-electron chi connectivity index (χ3n) is 5.71. The molecule has 5 heteroatoms. The van der Waals surface area contributed by atoms with Crippen molar-refractivity contribution in [1.29, 1.82) is 0 Å². The van der Waals surface area contributed by atoms with E-state index in [9.17, 15) is 14.7 Å². The van der Waals surface area contributed by atoms with Crippen LogP contribution in [-0.4, -0.2) is 41.8 Å². The summed E-state index contributed by atoms with van der Waals surface area (Å²) in [7, 11) is 1.51. The molecule has 1 amide bonds. The zero-order chi connectivity index (χ0) is 20.8. The van der Waals surface area contributed by atoms with Crippen LogP contribution in [0, 0.1) is 0 Å². The maximum atomic E-state index is 12.6. The first kappa shape index (κ1) is 20.9.